The minimum atomic E-state index is -0.951. The average Bonchev–Trinajstić information content (AvgIpc) is 2.39. The standard InChI is InChI=1S/C16H14ClFO2/c1-10-2-3-12(15(17)8-10)9-14(16(19)20)11-4-6-13(18)7-5-11/h2-8,14H,9H2,1H3,(H,19,20). The molecule has 0 radical (unpaired) electrons. The van der Waals surface area contributed by atoms with Crippen molar-refractivity contribution in [3.63, 3.8) is 0 Å². The summed E-state index contributed by atoms with van der Waals surface area (Å²) >= 11 is 6.14. The van der Waals surface area contributed by atoms with Crippen molar-refractivity contribution in [1.29, 1.82) is 0 Å². The first kappa shape index (κ1) is 14.5. The summed E-state index contributed by atoms with van der Waals surface area (Å²) in [6.45, 7) is 1.92. The smallest absolute Gasteiger partial charge is 0.311 e. The molecule has 0 aliphatic rings. The van der Waals surface area contributed by atoms with Gasteiger partial charge in [0, 0.05) is 5.02 Å². The zero-order valence-electron chi connectivity index (χ0n) is 10.9. The van der Waals surface area contributed by atoms with Crippen molar-refractivity contribution in [3.05, 3.63) is 70.0 Å². The molecule has 0 aliphatic heterocycles. The molecule has 0 bridgehead atoms. The summed E-state index contributed by atoms with van der Waals surface area (Å²) in [4.78, 5) is 11.4. The number of rotatable bonds is 4. The van der Waals surface area contributed by atoms with Crippen LogP contribution in [0.15, 0.2) is 42.5 Å². The molecule has 0 aromatic heterocycles. The van der Waals surface area contributed by atoms with Crippen molar-refractivity contribution in [1.82, 2.24) is 0 Å². The maximum Gasteiger partial charge on any atom is 0.311 e. The van der Waals surface area contributed by atoms with Gasteiger partial charge in [-0.25, -0.2) is 4.39 Å². The lowest BCUT2D eigenvalue weighted by Gasteiger charge is -2.14. The van der Waals surface area contributed by atoms with Gasteiger partial charge < -0.3 is 5.11 Å². The Morgan fingerprint density at radius 1 is 1.25 bits per heavy atom. The van der Waals surface area contributed by atoms with Crippen LogP contribution in [0.4, 0.5) is 4.39 Å². The van der Waals surface area contributed by atoms with Crippen LogP contribution in [-0.2, 0) is 11.2 Å². The minimum absolute atomic E-state index is 0.278. The number of carboxylic acids is 1. The van der Waals surface area contributed by atoms with Crippen molar-refractivity contribution in [2.75, 3.05) is 0 Å². The van der Waals surface area contributed by atoms with Gasteiger partial charge in [-0.05, 0) is 48.2 Å². The van der Waals surface area contributed by atoms with Crippen LogP contribution in [0.25, 0.3) is 0 Å². The van der Waals surface area contributed by atoms with Gasteiger partial charge in [0.25, 0.3) is 0 Å². The van der Waals surface area contributed by atoms with Crippen molar-refractivity contribution >= 4 is 17.6 Å². The summed E-state index contributed by atoms with van der Waals surface area (Å²) < 4.78 is 12.9. The molecule has 1 atom stereocenters. The number of carboxylic acid groups (broad SMARTS) is 1. The van der Waals surface area contributed by atoms with Crippen LogP contribution in [0.5, 0.6) is 0 Å². The van der Waals surface area contributed by atoms with Crippen LogP contribution in [0.2, 0.25) is 5.02 Å². The third-order valence-electron chi connectivity index (χ3n) is 3.20. The average molecular weight is 293 g/mol. The number of halogens is 2. The summed E-state index contributed by atoms with van der Waals surface area (Å²) in [7, 11) is 0. The first-order chi connectivity index (χ1) is 9.47. The molecule has 0 saturated carbocycles. The van der Waals surface area contributed by atoms with E-state index in [0.29, 0.717) is 10.6 Å². The van der Waals surface area contributed by atoms with Crippen molar-refractivity contribution in [2.24, 2.45) is 0 Å². The van der Waals surface area contributed by atoms with Gasteiger partial charge >= 0.3 is 5.97 Å². The molecule has 1 N–H and O–H groups in total. The fourth-order valence-corrected chi connectivity index (χ4v) is 2.39. The lowest BCUT2D eigenvalue weighted by atomic mass is 9.92. The van der Waals surface area contributed by atoms with Gasteiger partial charge in [0.1, 0.15) is 5.82 Å². The number of carbonyl (C=O) groups is 1. The van der Waals surface area contributed by atoms with Gasteiger partial charge in [0.05, 0.1) is 5.92 Å². The van der Waals surface area contributed by atoms with E-state index in [1.807, 2.05) is 19.1 Å². The quantitative estimate of drug-likeness (QED) is 0.917. The number of benzene rings is 2. The van der Waals surface area contributed by atoms with E-state index in [1.165, 1.54) is 24.3 Å². The molecule has 104 valence electrons. The van der Waals surface area contributed by atoms with Gasteiger partial charge in [-0.1, -0.05) is 35.9 Å². The lowest BCUT2D eigenvalue weighted by Crippen LogP contribution is -2.14. The molecule has 0 saturated heterocycles. The van der Waals surface area contributed by atoms with E-state index in [9.17, 15) is 14.3 Å². The summed E-state index contributed by atoms with van der Waals surface area (Å²) in [5.74, 6) is -2.07. The molecule has 2 aromatic carbocycles. The fraction of sp³-hybridized carbons (Fsp3) is 0.188. The van der Waals surface area contributed by atoms with E-state index in [-0.39, 0.29) is 12.2 Å². The Bertz CT molecular complexity index is 623. The highest BCUT2D eigenvalue weighted by Gasteiger charge is 2.21. The van der Waals surface area contributed by atoms with Crippen molar-refractivity contribution < 1.29 is 14.3 Å². The van der Waals surface area contributed by atoms with Crippen molar-refractivity contribution in [2.45, 2.75) is 19.3 Å². The first-order valence-corrected chi connectivity index (χ1v) is 6.58. The number of aryl methyl sites for hydroxylation is 1. The molecule has 1 unspecified atom stereocenters. The van der Waals surface area contributed by atoms with Gasteiger partial charge in [-0.2, -0.15) is 0 Å². The summed E-state index contributed by atoms with van der Waals surface area (Å²) in [5.41, 5.74) is 2.36. The van der Waals surface area contributed by atoms with E-state index in [0.717, 1.165) is 11.1 Å². The molecule has 20 heavy (non-hydrogen) atoms. The van der Waals surface area contributed by atoms with E-state index in [2.05, 4.69) is 0 Å². The summed E-state index contributed by atoms with van der Waals surface area (Å²) in [6, 6.07) is 11.1. The van der Waals surface area contributed by atoms with E-state index in [4.69, 9.17) is 11.6 Å². The summed E-state index contributed by atoms with van der Waals surface area (Å²) in [5, 5.41) is 9.92. The molecular formula is C16H14ClFO2. The second-order valence-corrected chi connectivity index (χ2v) is 5.15. The number of hydrogen-bond donors (Lipinski definition) is 1. The predicted molar refractivity (Wildman–Crippen MR) is 76.7 cm³/mol. The third kappa shape index (κ3) is 3.36. The molecule has 0 heterocycles. The maximum absolute atomic E-state index is 12.9. The fourth-order valence-electron chi connectivity index (χ4n) is 2.08. The lowest BCUT2D eigenvalue weighted by molar-refractivity contribution is -0.138. The largest absolute Gasteiger partial charge is 0.481 e. The maximum atomic E-state index is 12.9. The highest BCUT2D eigenvalue weighted by Crippen LogP contribution is 2.26. The molecule has 2 rings (SSSR count). The highest BCUT2D eigenvalue weighted by molar-refractivity contribution is 6.31. The van der Waals surface area contributed by atoms with Gasteiger partial charge in [0.15, 0.2) is 0 Å². The van der Waals surface area contributed by atoms with Gasteiger partial charge in [-0.15, -0.1) is 0 Å². The minimum Gasteiger partial charge on any atom is -0.481 e. The van der Waals surface area contributed by atoms with Crippen LogP contribution in [-0.4, -0.2) is 11.1 Å². The second-order valence-electron chi connectivity index (χ2n) is 4.74. The van der Waals surface area contributed by atoms with E-state index < -0.39 is 11.9 Å². The Labute approximate surface area is 121 Å². The highest BCUT2D eigenvalue weighted by atomic mass is 35.5. The molecule has 2 nitrogen and oxygen atoms in total. The topological polar surface area (TPSA) is 37.3 Å². The number of hydrogen-bond acceptors (Lipinski definition) is 1. The molecule has 0 spiro atoms. The van der Waals surface area contributed by atoms with Gasteiger partial charge in [0.2, 0.25) is 0 Å². The Kier molecular flexibility index (Phi) is 4.40. The van der Waals surface area contributed by atoms with Gasteiger partial charge in [-0.3, -0.25) is 4.79 Å². The molecule has 0 fully saturated rings. The van der Waals surface area contributed by atoms with Crippen LogP contribution in [0, 0.1) is 12.7 Å². The second kappa shape index (κ2) is 6.06. The first-order valence-electron chi connectivity index (χ1n) is 6.20. The zero-order valence-corrected chi connectivity index (χ0v) is 11.7. The summed E-state index contributed by atoms with van der Waals surface area (Å²) in [6.07, 6.45) is 0.278. The van der Waals surface area contributed by atoms with Crippen LogP contribution in [0.3, 0.4) is 0 Å². The number of aliphatic carboxylic acids is 1. The molecular weight excluding hydrogens is 279 g/mol. The van der Waals surface area contributed by atoms with Crippen LogP contribution in [0.1, 0.15) is 22.6 Å². The molecule has 2 aromatic rings. The molecule has 0 aliphatic carbocycles. The molecule has 0 amide bonds. The predicted octanol–water partition coefficient (Wildman–Crippen LogP) is 4.20. The van der Waals surface area contributed by atoms with Crippen molar-refractivity contribution in [3.8, 4) is 0 Å². The SMILES string of the molecule is Cc1ccc(CC(C(=O)O)c2ccc(F)cc2)c(Cl)c1. The Morgan fingerprint density at radius 3 is 2.45 bits per heavy atom. The van der Waals surface area contributed by atoms with Crippen LogP contribution < -0.4 is 0 Å². The normalized spacial score (nSPS) is 12.2. The van der Waals surface area contributed by atoms with E-state index >= 15 is 0 Å². The van der Waals surface area contributed by atoms with Crippen LogP contribution >= 0.6 is 11.6 Å². The Balaban J connectivity index is 2.30. The molecule has 4 heteroatoms. The zero-order chi connectivity index (χ0) is 14.7. The van der Waals surface area contributed by atoms with E-state index in [1.54, 1.807) is 6.07 Å². The monoisotopic (exact) mass is 292 g/mol. The Morgan fingerprint density at radius 2 is 1.90 bits per heavy atom. The Hall–Kier alpha value is -1.87. The third-order valence-corrected chi connectivity index (χ3v) is 3.55.